The second-order valence-corrected chi connectivity index (χ2v) is 7.64. The normalized spacial score (nSPS) is 18.1. The van der Waals surface area contributed by atoms with Crippen LogP contribution in [0.5, 0.6) is 11.5 Å². The predicted molar refractivity (Wildman–Crippen MR) is 106 cm³/mol. The third kappa shape index (κ3) is 3.95. The lowest BCUT2D eigenvalue weighted by molar-refractivity contribution is -0.132. The molecule has 2 N–H and O–H groups in total. The topological polar surface area (TPSA) is 89.8 Å². The molecule has 0 saturated heterocycles. The molecular weight excluding hydrogens is 372 g/mol. The molecule has 0 radical (unpaired) electrons. The number of hydrogen-bond acceptors (Lipinski definition) is 5. The standard InChI is InChI=1S/C22H26N2O5/c1-15(20(25)23-14-17-5-4-10-27-17)24-21(26)22(8-2-3-9-22)16-6-7-18-19(13-16)29-12-11-28-18/h4-7,10,13,15H,2-3,8-9,11-12,14H2,1H3,(H,23,25)(H,24,26). The monoisotopic (exact) mass is 398 g/mol. The van der Waals surface area contributed by atoms with E-state index in [2.05, 4.69) is 10.6 Å². The van der Waals surface area contributed by atoms with Crippen molar-refractivity contribution in [3.8, 4) is 11.5 Å². The van der Waals surface area contributed by atoms with Crippen LogP contribution in [0.1, 0.15) is 43.9 Å². The van der Waals surface area contributed by atoms with Crippen molar-refractivity contribution in [3.63, 3.8) is 0 Å². The maximum absolute atomic E-state index is 13.3. The Hall–Kier alpha value is -2.96. The largest absolute Gasteiger partial charge is 0.486 e. The third-order valence-electron chi connectivity index (χ3n) is 5.74. The lowest BCUT2D eigenvalue weighted by Crippen LogP contribution is -2.51. The molecule has 154 valence electrons. The van der Waals surface area contributed by atoms with E-state index < -0.39 is 11.5 Å². The number of nitrogens with one attached hydrogen (secondary N) is 2. The molecule has 2 aliphatic rings. The van der Waals surface area contributed by atoms with Gasteiger partial charge in [0.05, 0.1) is 18.2 Å². The van der Waals surface area contributed by atoms with Crippen LogP contribution in [-0.2, 0) is 21.5 Å². The molecular formula is C22H26N2O5. The average Bonchev–Trinajstić information content (AvgIpc) is 3.44. The number of furan rings is 1. The van der Waals surface area contributed by atoms with Crippen LogP contribution in [-0.4, -0.2) is 31.1 Å². The van der Waals surface area contributed by atoms with Crippen molar-refractivity contribution in [1.82, 2.24) is 10.6 Å². The summed E-state index contributed by atoms with van der Waals surface area (Å²) in [6.45, 7) is 3.02. The molecule has 2 heterocycles. The van der Waals surface area contributed by atoms with Crippen LogP contribution in [0.15, 0.2) is 41.0 Å². The summed E-state index contributed by atoms with van der Waals surface area (Å²) in [6.07, 6.45) is 5.00. The summed E-state index contributed by atoms with van der Waals surface area (Å²) in [6, 6.07) is 8.65. The molecule has 29 heavy (non-hydrogen) atoms. The van der Waals surface area contributed by atoms with Crippen LogP contribution >= 0.6 is 0 Å². The highest BCUT2D eigenvalue weighted by Crippen LogP contribution is 2.44. The number of fused-ring (bicyclic) bond motifs is 1. The molecule has 1 unspecified atom stereocenters. The summed E-state index contributed by atoms with van der Waals surface area (Å²) in [5, 5.41) is 5.71. The number of rotatable bonds is 6. The van der Waals surface area contributed by atoms with Gasteiger partial charge in [-0.2, -0.15) is 0 Å². The predicted octanol–water partition coefficient (Wildman–Crippen LogP) is 2.68. The van der Waals surface area contributed by atoms with Gasteiger partial charge < -0.3 is 24.5 Å². The number of amides is 2. The highest BCUT2D eigenvalue weighted by Gasteiger charge is 2.44. The fourth-order valence-corrected chi connectivity index (χ4v) is 4.11. The van der Waals surface area contributed by atoms with Gasteiger partial charge in [0.25, 0.3) is 0 Å². The minimum Gasteiger partial charge on any atom is -0.486 e. The Morgan fingerprint density at radius 1 is 1.10 bits per heavy atom. The van der Waals surface area contributed by atoms with Gasteiger partial charge in [0, 0.05) is 0 Å². The quantitative estimate of drug-likeness (QED) is 0.781. The number of benzene rings is 1. The fourth-order valence-electron chi connectivity index (χ4n) is 4.11. The molecule has 0 spiro atoms. The van der Waals surface area contributed by atoms with Crippen molar-refractivity contribution >= 4 is 11.8 Å². The van der Waals surface area contributed by atoms with E-state index >= 15 is 0 Å². The summed E-state index contributed by atoms with van der Waals surface area (Å²) in [4.78, 5) is 25.7. The minimum absolute atomic E-state index is 0.118. The van der Waals surface area contributed by atoms with Gasteiger partial charge in [0.15, 0.2) is 11.5 Å². The Morgan fingerprint density at radius 3 is 2.59 bits per heavy atom. The Morgan fingerprint density at radius 2 is 1.86 bits per heavy atom. The highest BCUT2D eigenvalue weighted by molar-refractivity contribution is 5.93. The maximum atomic E-state index is 13.3. The maximum Gasteiger partial charge on any atom is 0.242 e. The first-order chi connectivity index (χ1) is 14.1. The molecule has 7 heteroatoms. The van der Waals surface area contributed by atoms with Crippen molar-refractivity contribution in [2.75, 3.05) is 13.2 Å². The van der Waals surface area contributed by atoms with Crippen molar-refractivity contribution in [1.29, 1.82) is 0 Å². The lowest BCUT2D eigenvalue weighted by Gasteiger charge is -2.31. The van der Waals surface area contributed by atoms with Crippen LogP contribution in [0.2, 0.25) is 0 Å². The van der Waals surface area contributed by atoms with Gasteiger partial charge in [0.1, 0.15) is 25.0 Å². The zero-order valence-corrected chi connectivity index (χ0v) is 16.5. The molecule has 1 aromatic carbocycles. The Labute approximate surface area is 169 Å². The van der Waals surface area contributed by atoms with E-state index in [9.17, 15) is 9.59 Å². The smallest absolute Gasteiger partial charge is 0.242 e. The Bertz CT molecular complexity index is 871. The van der Waals surface area contributed by atoms with Gasteiger partial charge in [-0.15, -0.1) is 0 Å². The average molecular weight is 398 g/mol. The van der Waals surface area contributed by atoms with Gasteiger partial charge >= 0.3 is 0 Å². The van der Waals surface area contributed by atoms with E-state index in [0.29, 0.717) is 37.0 Å². The van der Waals surface area contributed by atoms with E-state index in [1.54, 1.807) is 25.3 Å². The van der Waals surface area contributed by atoms with Crippen LogP contribution in [0.3, 0.4) is 0 Å². The van der Waals surface area contributed by atoms with Crippen molar-refractivity contribution in [2.45, 2.75) is 50.6 Å². The Kier molecular flexibility index (Phi) is 5.47. The number of carbonyl (C=O) groups is 2. The van der Waals surface area contributed by atoms with E-state index in [1.807, 2.05) is 18.2 Å². The summed E-state index contributed by atoms with van der Waals surface area (Å²) in [7, 11) is 0. The first-order valence-corrected chi connectivity index (χ1v) is 10.1. The van der Waals surface area contributed by atoms with Crippen LogP contribution < -0.4 is 20.1 Å². The second-order valence-electron chi connectivity index (χ2n) is 7.64. The number of hydrogen-bond donors (Lipinski definition) is 2. The summed E-state index contributed by atoms with van der Waals surface area (Å²) in [5.74, 6) is 1.69. The minimum atomic E-state index is -0.647. The van der Waals surface area contributed by atoms with Gasteiger partial charge in [0.2, 0.25) is 11.8 Å². The summed E-state index contributed by atoms with van der Waals surface area (Å²) in [5.41, 5.74) is 0.269. The van der Waals surface area contributed by atoms with Gasteiger partial charge in [-0.3, -0.25) is 9.59 Å². The van der Waals surface area contributed by atoms with Crippen molar-refractivity contribution in [2.24, 2.45) is 0 Å². The summed E-state index contributed by atoms with van der Waals surface area (Å²) < 4.78 is 16.5. The van der Waals surface area contributed by atoms with E-state index in [-0.39, 0.29) is 11.8 Å². The molecule has 2 aromatic rings. The lowest BCUT2D eigenvalue weighted by atomic mass is 9.77. The molecule has 1 aliphatic heterocycles. The van der Waals surface area contributed by atoms with Gasteiger partial charge in [-0.1, -0.05) is 18.9 Å². The molecule has 7 nitrogen and oxygen atoms in total. The molecule has 1 saturated carbocycles. The zero-order chi connectivity index (χ0) is 20.3. The van der Waals surface area contributed by atoms with E-state index in [0.717, 1.165) is 31.2 Å². The fraction of sp³-hybridized carbons (Fsp3) is 0.455. The number of carbonyl (C=O) groups excluding carboxylic acids is 2. The van der Waals surface area contributed by atoms with Crippen molar-refractivity contribution < 1.29 is 23.5 Å². The molecule has 4 rings (SSSR count). The number of ether oxygens (including phenoxy) is 2. The Balaban J connectivity index is 1.46. The van der Waals surface area contributed by atoms with Crippen molar-refractivity contribution in [3.05, 3.63) is 47.9 Å². The molecule has 0 bridgehead atoms. The first kappa shape index (κ1) is 19.4. The van der Waals surface area contributed by atoms with Crippen LogP contribution in [0.4, 0.5) is 0 Å². The molecule has 1 aliphatic carbocycles. The van der Waals surface area contributed by atoms with Crippen LogP contribution in [0.25, 0.3) is 0 Å². The first-order valence-electron chi connectivity index (χ1n) is 10.1. The van der Waals surface area contributed by atoms with Gasteiger partial charge in [-0.05, 0) is 49.6 Å². The highest BCUT2D eigenvalue weighted by atomic mass is 16.6. The molecule has 1 fully saturated rings. The van der Waals surface area contributed by atoms with E-state index in [1.165, 1.54) is 0 Å². The van der Waals surface area contributed by atoms with E-state index in [4.69, 9.17) is 13.9 Å². The second kappa shape index (κ2) is 8.19. The third-order valence-corrected chi connectivity index (χ3v) is 5.74. The van der Waals surface area contributed by atoms with Gasteiger partial charge in [-0.25, -0.2) is 0 Å². The zero-order valence-electron chi connectivity index (χ0n) is 16.5. The summed E-state index contributed by atoms with van der Waals surface area (Å²) >= 11 is 0. The SMILES string of the molecule is CC(NC(=O)C1(c2ccc3c(c2)OCCO3)CCCC1)C(=O)NCc1ccco1. The van der Waals surface area contributed by atoms with Crippen LogP contribution in [0, 0.1) is 0 Å². The molecule has 1 atom stereocenters. The molecule has 1 aromatic heterocycles. The molecule has 2 amide bonds.